The summed E-state index contributed by atoms with van der Waals surface area (Å²) in [5, 5.41) is 17.5. The summed E-state index contributed by atoms with van der Waals surface area (Å²) < 4.78 is 5.26. The Kier molecular flexibility index (Phi) is 3.42. The van der Waals surface area contributed by atoms with Gasteiger partial charge in [-0.05, 0) is 26.0 Å². The Morgan fingerprint density at radius 1 is 1.08 bits per heavy atom. The van der Waals surface area contributed by atoms with Gasteiger partial charge in [-0.15, -0.1) is 0 Å². The average molecular weight is 176 g/mol. The molecule has 0 aliphatic carbocycles. The number of nitrogens with zero attached hydrogens (tertiary/aromatic N) is 2. The first-order valence-corrected chi connectivity index (χ1v) is 3.75. The fourth-order valence-electron chi connectivity index (χ4n) is 0.661. The zero-order valence-electron chi connectivity index (χ0n) is 7.87. The molecule has 0 saturated carbocycles. The van der Waals surface area contributed by atoms with E-state index in [1.165, 1.54) is 12.2 Å². The summed E-state index contributed by atoms with van der Waals surface area (Å²) in [5.41, 5.74) is -2.31. The molecule has 2 atom stereocenters. The second-order valence-electron chi connectivity index (χ2n) is 2.95. The molecule has 0 aromatic rings. The molecule has 13 heavy (non-hydrogen) atoms. The zero-order chi connectivity index (χ0) is 10.5. The van der Waals surface area contributed by atoms with Gasteiger partial charge in [-0.1, -0.05) is 13.2 Å². The third-order valence-corrected chi connectivity index (χ3v) is 1.65. The number of rotatable bonds is 4. The molecular formula is C10H12N2O. The number of hydrogen-bond acceptors (Lipinski definition) is 3. The molecule has 2 unspecified atom stereocenters. The number of nitriles is 2. The van der Waals surface area contributed by atoms with Crippen LogP contribution in [0.4, 0.5) is 0 Å². The van der Waals surface area contributed by atoms with Crippen molar-refractivity contribution in [3.63, 3.8) is 0 Å². The van der Waals surface area contributed by atoms with E-state index in [1.807, 2.05) is 12.1 Å². The van der Waals surface area contributed by atoms with Gasteiger partial charge in [0.1, 0.15) is 12.1 Å². The van der Waals surface area contributed by atoms with E-state index in [4.69, 9.17) is 15.3 Å². The van der Waals surface area contributed by atoms with Gasteiger partial charge in [-0.2, -0.15) is 10.5 Å². The second-order valence-corrected chi connectivity index (χ2v) is 2.95. The van der Waals surface area contributed by atoms with Crippen LogP contribution < -0.4 is 0 Å². The van der Waals surface area contributed by atoms with E-state index in [2.05, 4.69) is 13.2 Å². The van der Waals surface area contributed by atoms with Crippen molar-refractivity contribution in [3.8, 4) is 12.1 Å². The molecule has 0 aromatic carbocycles. The third kappa shape index (κ3) is 2.74. The van der Waals surface area contributed by atoms with E-state index in [-0.39, 0.29) is 0 Å². The normalized spacial score (nSPS) is 18.5. The summed E-state index contributed by atoms with van der Waals surface area (Å²) in [6.07, 6.45) is 2.71. The molecule has 0 aliphatic heterocycles. The van der Waals surface area contributed by atoms with E-state index < -0.39 is 11.2 Å². The maximum atomic E-state index is 8.75. The minimum Gasteiger partial charge on any atom is -0.332 e. The second kappa shape index (κ2) is 3.89. The quantitative estimate of drug-likeness (QED) is 0.615. The van der Waals surface area contributed by atoms with Crippen molar-refractivity contribution in [1.82, 2.24) is 0 Å². The van der Waals surface area contributed by atoms with Crippen molar-refractivity contribution in [2.24, 2.45) is 0 Å². The average Bonchev–Trinajstić information content (AvgIpc) is 2.17. The Morgan fingerprint density at radius 2 is 1.38 bits per heavy atom. The molecule has 0 aliphatic rings. The van der Waals surface area contributed by atoms with Gasteiger partial charge in [-0.25, -0.2) is 0 Å². The number of ether oxygens (including phenoxy) is 1. The molecule has 0 bridgehead atoms. The van der Waals surface area contributed by atoms with Crippen LogP contribution in [0.5, 0.6) is 0 Å². The molecule has 0 rings (SSSR count). The van der Waals surface area contributed by atoms with Crippen molar-refractivity contribution in [2.75, 3.05) is 0 Å². The van der Waals surface area contributed by atoms with Crippen LogP contribution in [0.2, 0.25) is 0 Å². The van der Waals surface area contributed by atoms with Crippen LogP contribution in [0.25, 0.3) is 0 Å². The van der Waals surface area contributed by atoms with Gasteiger partial charge in [-0.3, -0.25) is 0 Å². The van der Waals surface area contributed by atoms with Gasteiger partial charge in [0.25, 0.3) is 0 Å². The third-order valence-electron chi connectivity index (χ3n) is 1.65. The van der Waals surface area contributed by atoms with Crippen LogP contribution in [0.1, 0.15) is 13.8 Å². The Labute approximate surface area is 78.5 Å². The Bertz CT molecular complexity index is 267. The molecule has 0 saturated heterocycles. The van der Waals surface area contributed by atoms with Crippen molar-refractivity contribution in [3.05, 3.63) is 25.3 Å². The highest BCUT2D eigenvalue weighted by molar-refractivity contribution is 5.18. The first-order valence-electron chi connectivity index (χ1n) is 3.75. The smallest absolute Gasteiger partial charge is 0.172 e. The maximum Gasteiger partial charge on any atom is 0.172 e. The summed E-state index contributed by atoms with van der Waals surface area (Å²) in [4.78, 5) is 0. The van der Waals surface area contributed by atoms with Crippen LogP contribution in [-0.2, 0) is 4.74 Å². The SMILES string of the molecule is C=CC(C)(C#N)OC(C)(C#N)C=C. The number of hydrogen-bond donors (Lipinski definition) is 0. The largest absolute Gasteiger partial charge is 0.332 e. The molecule has 0 N–H and O–H groups in total. The van der Waals surface area contributed by atoms with E-state index in [1.54, 1.807) is 13.8 Å². The maximum absolute atomic E-state index is 8.75. The van der Waals surface area contributed by atoms with E-state index in [9.17, 15) is 0 Å². The van der Waals surface area contributed by atoms with Crippen molar-refractivity contribution in [2.45, 2.75) is 25.0 Å². The molecule has 0 radical (unpaired) electrons. The van der Waals surface area contributed by atoms with Gasteiger partial charge in [0.15, 0.2) is 11.2 Å². The predicted octanol–water partition coefficient (Wildman–Crippen LogP) is 1.94. The predicted molar refractivity (Wildman–Crippen MR) is 49.5 cm³/mol. The monoisotopic (exact) mass is 176 g/mol. The standard InChI is InChI=1S/C10H12N2O/c1-5-9(3,7-11)13-10(4,6-2)8-12/h5-6H,1-2H2,3-4H3. The summed E-state index contributed by atoms with van der Waals surface area (Å²) in [5.74, 6) is 0. The van der Waals surface area contributed by atoms with E-state index in [0.29, 0.717) is 0 Å². The molecule has 3 heteroatoms. The van der Waals surface area contributed by atoms with Crippen LogP contribution in [0, 0.1) is 22.7 Å². The molecule has 0 fully saturated rings. The summed E-state index contributed by atoms with van der Waals surface area (Å²) in [6, 6.07) is 3.83. The minimum absolute atomic E-state index is 1.15. The van der Waals surface area contributed by atoms with Crippen molar-refractivity contribution in [1.29, 1.82) is 10.5 Å². The fraction of sp³-hybridized carbons (Fsp3) is 0.400. The lowest BCUT2D eigenvalue weighted by Crippen LogP contribution is -2.36. The van der Waals surface area contributed by atoms with Crippen LogP contribution in [-0.4, -0.2) is 11.2 Å². The van der Waals surface area contributed by atoms with Crippen molar-refractivity contribution >= 4 is 0 Å². The van der Waals surface area contributed by atoms with Crippen LogP contribution in [0.3, 0.4) is 0 Å². The Hall–Kier alpha value is -1.58. The summed E-state index contributed by atoms with van der Waals surface area (Å²) >= 11 is 0. The summed E-state index contributed by atoms with van der Waals surface area (Å²) in [6.45, 7) is 10.0. The van der Waals surface area contributed by atoms with Crippen molar-refractivity contribution < 1.29 is 4.74 Å². The molecule has 0 heterocycles. The molecule has 3 nitrogen and oxygen atoms in total. The van der Waals surface area contributed by atoms with Crippen LogP contribution >= 0.6 is 0 Å². The van der Waals surface area contributed by atoms with Gasteiger partial charge < -0.3 is 4.74 Å². The lowest BCUT2D eigenvalue weighted by Gasteiger charge is -2.26. The van der Waals surface area contributed by atoms with E-state index >= 15 is 0 Å². The van der Waals surface area contributed by atoms with Crippen LogP contribution in [0.15, 0.2) is 25.3 Å². The molecular weight excluding hydrogens is 164 g/mol. The highest BCUT2D eigenvalue weighted by Gasteiger charge is 2.31. The highest BCUT2D eigenvalue weighted by Crippen LogP contribution is 2.21. The molecule has 68 valence electrons. The zero-order valence-corrected chi connectivity index (χ0v) is 7.87. The molecule has 0 amide bonds. The first-order chi connectivity index (χ1) is 5.95. The van der Waals surface area contributed by atoms with E-state index in [0.717, 1.165) is 0 Å². The van der Waals surface area contributed by atoms with Gasteiger partial charge >= 0.3 is 0 Å². The molecule has 0 aromatic heterocycles. The van der Waals surface area contributed by atoms with Gasteiger partial charge in [0, 0.05) is 0 Å². The minimum atomic E-state index is -1.15. The first kappa shape index (κ1) is 11.4. The van der Waals surface area contributed by atoms with Gasteiger partial charge in [0.2, 0.25) is 0 Å². The lowest BCUT2D eigenvalue weighted by atomic mass is 10.0. The lowest BCUT2D eigenvalue weighted by molar-refractivity contribution is -0.0253. The fourth-order valence-corrected chi connectivity index (χ4v) is 0.661. The molecule has 0 spiro atoms. The summed E-state index contributed by atoms with van der Waals surface area (Å²) in [7, 11) is 0. The Balaban J connectivity index is 4.81. The topological polar surface area (TPSA) is 56.8 Å². The Morgan fingerprint density at radius 3 is 1.54 bits per heavy atom. The highest BCUT2D eigenvalue weighted by atomic mass is 16.5. The van der Waals surface area contributed by atoms with Gasteiger partial charge in [0.05, 0.1) is 0 Å².